The second kappa shape index (κ2) is 12.5. The maximum Gasteiger partial charge on any atom is 0.233 e. The van der Waals surface area contributed by atoms with Gasteiger partial charge in [0, 0.05) is 41.9 Å². The molecule has 4 heterocycles. The number of nitrogens with zero attached hydrogens (tertiary/aromatic N) is 3. The molecule has 2 aromatic carbocycles. The molecule has 1 N–H and O–H groups in total. The van der Waals surface area contributed by atoms with Crippen LogP contribution in [0, 0.1) is 13.8 Å². The highest BCUT2D eigenvalue weighted by Gasteiger charge is 2.47. The van der Waals surface area contributed by atoms with E-state index >= 15 is 0 Å². The molecule has 0 radical (unpaired) electrons. The Morgan fingerprint density at radius 1 is 0.977 bits per heavy atom. The van der Waals surface area contributed by atoms with Gasteiger partial charge in [-0.25, -0.2) is 0 Å². The summed E-state index contributed by atoms with van der Waals surface area (Å²) in [5.74, 6) is 0.612. The van der Waals surface area contributed by atoms with Crippen molar-refractivity contribution in [1.29, 1.82) is 0 Å². The lowest BCUT2D eigenvalue weighted by atomic mass is 9.81. The second-order valence-electron chi connectivity index (χ2n) is 14.3. The highest BCUT2D eigenvalue weighted by molar-refractivity contribution is 5.95. The van der Waals surface area contributed by atoms with Gasteiger partial charge in [-0.3, -0.25) is 9.78 Å². The summed E-state index contributed by atoms with van der Waals surface area (Å²) in [5.41, 5.74) is 9.42. The Morgan fingerprint density at radius 3 is 2.30 bits per heavy atom. The van der Waals surface area contributed by atoms with Crippen molar-refractivity contribution < 1.29 is 4.79 Å². The lowest BCUT2D eigenvalue weighted by Gasteiger charge is -2.33. The van der Waals surface area contributed by atoms with E-state index in [1.54, 1.807) is 0 Å². The highest BCUT2D eigenvalue weighted by atomic mass is 16.2. The summed E-state index contributed by atoms with van der Waals surface area (Å²) in [6.07, 6.45) is 11.9. The number of nitrogens with one attached hydrogen (secondary N) is 1. The summed E-state index contributed by atoms with van der Waals surface area (Å²) >= 11 is 0. The molecule has 6 rings (SSSR count). The monoisotopic (exact) mass is 590 g/mol. The number of hydrogen-bond acceptors (Lipinski definition) is 3. The molecule has 232 valence electrons. The summed E-state index contributed by atoms with van der Waals surface area (Å²) in [6, 6.07) is 18.7. The number of aromatic amines is 1. The van der Waals surface area contributed by atoms with Crippen LogP contribution >= 0.6 is 0 Å². The Kier molecular flexibility index (Phi) is 8.70. The smallest absolute Gasteiger partial charge is 0.233 e. The van der Waals surface area contributed by atoms with Crippen LogP contribution in [-0.2, 0) is 16.6 Å². The van der Waals surface area contributed by atoms with Gasteiger partial charge in [0.25, 0.3) is 0 Å². The third-order valence-electron chi connectivity index (χ3n) is 10.4. The summed E-state index contributed by atoms with van der Waals surface area (Å²) in [7, 11) is 2.26. The Balaban J connectivity index is 1.28. The summed E-state index contributed by atoms with van der Waals surface area (Å²) < 4.78 is 0. The first-order chi connectivity index (χ1) is 21.1. The lowest BCUT2D eigenvalue weighted by Crippen LogP contribution is -2.45. The Hall–Kier alpha value is -3.44. The number of pyridine rings is 1. The molecule has 1 atom stereocenters. The van der Waals surface area contributed by atoms with Crippen molar-refractivity contribution in [3.63, 3.8) is 0 Å². The van der Waals surface area contributed by atoms with E-state index < -0.39 is 5.41 Å². The topological polar surface area (TPSA) is 52.2 Å². The zero-order valence-corrected chi connectivity index (χ0v) is 27.6. The minimum atomic E-state index is -0.567. The number of aryl methyl sites for hydroxylation is 3. The number of likely N-dealkylation sites (N-methyl/N-ethyl adjacent to an activating group) is 1. The molecule has 2 aliphatic heterocycles. The molecule has 1 unspecified atom stereocenters. The van der Waals surface area contributed by atoms with Gasteiger partial charge in [-0.1, -0.05) is 30.2 Å². The van der Waals surface area contributed by atoms with Crippen LogP contribution in [0.1, 0.15) is 93.0 Å². The van der Waals surface area contributed by atoms with E-state index in [0.717, 1.165) is 30.6 Å². The van der Waals surface area contributed by atoms with Gasteiger partial charge in [-0.2, -0.15) is 0 Å². The van der Waals surface area contributed by atoms with Crippen molar-refractivity contribution in [3.05, 3.63) is 88.7 Å². The molecule has 0 saturated carbocycles. The number of hydrogen-bond donors (Lipinski definition) is 1. The first-order valence-electron chi connectivity index (χ1n) is 16.8. The van der Waals surface area contributed by atoms with Crippen LogP contribution in [0.4, 0.5) is 0 Å². The summed E-state index contributed by atoms with van der Waals surface area (Å²) in [4.78, 5) is 26.8. The molecule has 0 spiro atoms. The normalized spacial score (nSPS) is 18.9. The zero-order valence-electron chi connectivity index (χ0n) is 27.6. The Labute approximate surface area is 264 Å². The van der Waals surface area contributed by atoms with Gasteiger partial charge in [-0.15, -0.1) is 0 Å². The lowest BCUT2D eigenvalue weighted by molar-refractivity contribution is -0.137. The average Bonchev–Trinajstić information content (AvgIpc) is 3.71. The van der Waals surface area contributed by atoms with Gasteiger partial charge < -0.3 is 14.8 Å². The van der Waals surface area contributed by atoms with Crippen LogP contribution < -0.4 is 0 Å². The van der Waals surface area contributed by atoms with E-state index in [4.69, 9.17) is 0 Å². The van der Waals surface area contributed by atoms with Crippen LogP contribution in [0.25, 0.3) is 22.2 Å². The van der Waals surface area contributed by atoms with Gasteiger partial charge in [0.15, 0.2) is 0 Å². The zero-order chi connectivity index (χ0) is 31.0. The van der Waals surface area contributed by atoms with Crippen molar-refractivity contribution >= 4 is 16.8 Å². The predicted molar refractivity (Wildman–Crippen MR) is 182 cm³/mol. The number of amides is 1. The van der Waals surface area contributed by atoms with Gasteiger partial charge in [0.1, 0.15) is 0 Å². The highest BCUT2D eigenvalue weighted by Crippen LogP contribution is 2.43. The molecule has 2 bridgehead atoms. The van der Waals surface area contributed by atoms with E-state index in [1.807, 2.05) is 12.4 Å². The van der Waals surface area contributed by atoms with Gasteiger partial charge in [0.05, 0.1) is 11.1 Å². The first kappa shape index (κ1) is 30.6. The van der Waals surface area contributed by atoms with E-state index in [1.165, 1.54) is 77.4 Å². The van der Waals surface area contributed by atoms with Crippen LogP contribution in [-0.4, -0.2) is 57.9 Å². The number of benzene rings is 2. The largest absolute Gasteiger partial charge is 0.354 e. The summed E-state index contributed by atoms with van der Waals surface area (Å²) in [6.45, 7) is 13.0. The number of rotatable bonds is 11. The van der Waals surface area contributed by atoms with Gasteiger partial charge >= 0.3 is 0 Å². The third kappa shape index (κ3) is 6.08. The maximum atomic E-state index is 14.1. The fourth-order valence-electron chi connectivity index (χ4n) is 8.06. The molecular formula is C39H50N4O. The van der Waals surface area contributed by atoms with Gasteiger partial charge in [-0.05, 0) is 151 Å². The average molecular weight is 591 g/mol. The molecule has 5 nitrogen and oxygen atoms in total. The molecule has 44 heavy (non-hydrogen) atoms. The number of carbonyl (C=O) groups excluding carboxylic acids is 1. The van der Waals surface area contributed by atoms with E-state index in [2.05, 4.69) is 110 Å². The minimum Gasteiger partial charge on any atom is -0.354 e. The SMILES string of the molecule is Cc1cc(C)cc(-c2[nH]c3ccc(C(C)(C)C(=O)N4C5CCC4CC5)cc3c2C(C)CN(C)CCCCc2ccncc2)c1. The molecule has 5 heteroatoms. The van der Waals surface area contributed by atoms with Crippen molar-refractivity contribution in [1.82, 2.24) is 19.8 Å². The van der Waals surface area contributed by atoms with Gasteiger partial charge in [0.2, 0.25) is 5.91 Å². The number of carbonyl (C=O) groups is 1. The molecule has 1 amide bonds. The Bertz CT molecular complexity index is 1580. The predicted octanol–water partition coefficient (Wildman–Crippen LogP) is 8.34. The van der Waals surface area contributed by atoms with E-state index in [0.29, 0.717) is 23.9 Å². The Morgan fingerprint density at radius 2 is 1.64 bits per heavy atom. The molecule has 0 aliphatic carbocycles. The molecule has 2 fully saturated rings. The van der Waals surface area contributed by atoms with Crippen molar-refractivity contribution in [2.45, 2.75) is 103 Å². The third-order valence-corrected chi connectivity index (χ3v) is 10.4. The first-order valence-corrected chi connectivity index (χ1v) is 16.8. The molecule has 4 aromatic rings. The molecule has 2 aliphatic rings. The maximum absolute atomic E-state index is 14.1. The van der Waals surface area contributed by atoms with E-state index in [-0.39, 0.29) is 0 Å². The number of H-pyrrole nitrogens is 1. The van der Waals surface area contributed by atoms with Crippen molar-refractivity contribution in [2.75, 3.05) is 20.1 Å². The minimum absolute atomic E-state index is 0.299. The number of unbranched alkanes of at least 4 members (excludes halogenated alkanes) is 1. The van der Waals surface area contributed by atoms with Crippen molar-refractivity contribution in [2.24, 2.45) is 0 Å². The molecular weight excluding hydrogens is 540 g/mol. The second-order valence-corrected chi connectivity index (χ2v) is 14.3. The summed E-state index contributed by atoms with van der Waals surface area (Å²) in [5, 5.41) is 1.25. The fraction of sp³-hybridized carbons (Fsp3) is 0.487. The molecule has 2 saturated heterocycles. The quantitative estimate of drug-likeness (QED) is 0.179. The fourth-order valence-corrected chi connectivity index (χ4v) is 8.06. The van der Waals surface area contributed by atoms with Crippen LogP contribution in [0.3, 0.4) is 0 Å². The molecule has 2 aromatic heterocycles. The van der Waals surface area contributed by atoms with E-state index in [9.17, 15) is 4.79 Å². The van der Waals surface area contributed by atoms with Crippen LogP contribution in [0.2, 0.25) is 0 Å². The number of fused-ring (bicyclic) bond motifs is 3. The van der Waals surface area contributed by atoms with Crippen LogP contribution in [0.15, 0.2) is 60.9 Å². The number of aromatic nitrogens is 2. The standard InChI is InChI=1S/C39H50N4O/c1-26-21-27(2)23-30(22-26)37-36(28(3)25-42(6)20-8-7-9-29-16-18-40-19-17-29)34-24-31(10-15-35(34)41-37)39(4,5)38(44)43-32-11-12-33(43)14-13-32/h10,15-19,21-24,28,32-33,41H,7-9,11-14,20,25H2,1-6H3. The van der Waals surface area contributed by atoms with Crippen LogP contribution in [0.5, 0.6) is 0 Å². The van der Waals surface area contributed by atoms with Crippen molar-refractivity contribution in [3.8, 4) is 11.3 Å².